The zero-order chi connectivity index (χ0) is 24.4. The van der Waals surface area contributed by atoms with E-state index in [2.05, 4.69) is 15.3 Å². The van der Waals surface area contributed by atoms with Crippen molar-refractivity contribution in [3.63, 3.8) is 0 Å². The molecular formula is C27H21N3O5. The third-order valence-corrected chi connectivity index (χ3v) is 5.51. The first-order valence-electron chi connectivity index (χ1n) is 11.0. The van der Waals surface area contributed by atoms with Crippen LogP contribution in [0.15, 0.2) is 79.1 Å². The molecule has 3 aromatic carbocycles. The van der Waals surface area contributed by atoms with Crippen LogP contribution in [-0.4, -0.2) is 33.6 Å². The molecular weight excluding hydrogens is 446 g/mol. The number of fused-ring (bicyclic) bond motifs is 2. The zero-order valence-electron chi connectivity index (χ0n) is 18.7. The molecule has 0 aliphatic heterocycles. The van der Waals surface area contributed by atoms with Gasteiger partial charge in [-0.15, -0.1) is 0 Å². The van der Waals surface area contributed by atoms with Gasteiger partial charge in [-0.2, -0.15) is 0 Å². The summed E-state index contributed by atoms with van der Waals surface area (Å²) < 4.78 is 11.3. The number of carboxylic acid groups (broad SMARTS) is 1. The average molecular weight is 467 g/mol. The minimum absolute atomic E-state index is 0.0690. The molecule has 0 radical (unpaired) electrons. The van der Waals surface area contributed by atoms with Crippen LogP contribution in [0.2, 0.25) is 0 Å². The lowest BCUT2D eigenvalue weighted by Crippen LogP contribution is -2.10. The quantitative estimate of drug-likeness (QED) is 0.247. The number of pyridine rings is 1. The molecule has 0 aliphatic rings. The summed E-state index contributed by atoms with van der Waals surface area (Å²) in [5.41, 5.74) is 2.57. The molecule has 5 aromatic rings. The Hall–Kier alpha value is -4.85. The molecule has 0 unspecified atom stereocenters. The maximum Gasteiger partial charge on any atom is 0.341 e. The second kappa shape index (κ2) is 9.18. The molecule has 174 valence electrons. The van der Waals surface area contributed by atoms with Crippen molar-refractivity contribution in [1.29, 1.82) is 0 Å². The lowest BCUT2D eigenvalue weighted by atomic mass is 10.1. The number of aromatic amines is 1. The highest BCUT2D eigenvalue weighted by Gasteiger charge is 2.19. The number of aromatic carboxylic acids is 1. The number of esters is 1. The molecule has 2 aromatic heterocycles. The number of aromatic nitrogens is 2. The van der Waals surface area contributed by atoms with Gasteiger partial charge in [0.2, 0.25) is 0 Å². The van der Waals surface area contributed by atoms with Crippen molar-refractivity contribution >= 4 is 45.1 Å². The van der Waals surface area contributed by atoms with Crippen LogP contribution in [0.1, 0.15) is 27.6 Å². The van der Waals surface area contributed by atoms with E-state index in [1.54, 1.807) is 43.3 Å². The minimum Gasteiger partial charge on any atom is -0.478 e. The lowest BCUT2D eigenvalue weighted by Gasteiger charge is -2.16. The number of carbonyl (C=O) groups excluding carboxylic acids is 1. The molecule has 0 saturated heterocycles. The molecule has 5 rings (SSSR count). The number of carboxylic acids is 1. The first kappa shape index (κ1) is 22.0. The summed E-state index contributed by atoms with van der Waals surface area (Å²) >= 11 is 0. The topological polar surface area (TPSA) is 114 Å². The zero-order valence-corrected chi connectivity index (χ0v) is 18.7. The van der Waals surface area contributed by atoms with Gasteiger partial charge in [-0.05, 0) is 61.5 Å². The van der Waals surface area contributed by atoms with Gasteiger partial charge in [0.05, 0.1) is 29.1 Å². The summed E-state index contributed by atoms with van der Waals surface area (Å²) in [5, 5.41) is 14.4. The van der Waals surface area contributed by atoms with E-state index in [0.29, 0.717) is 33.8 Å². The second-order valence-electron chi connectivity index (χ2n) is 7.75. The highest BCUT2D eigenvalue weighted by molar-refractivity contribution is 6.07. The first-order valence-corrected chi connectivity index (χ1v) is 11.0. The Morgan fingerprint density at radius 3 is 2.63 bits per heavy atom. The van der Waals surface area contributed by atoms with Gasteiger partial charge in [0.25, 0.3) is 0 Å². The van der Waals surface area contributed by atoms with E-state index in [9.17, 15) is 14.7 Å². The van der Waals surface area contributed by atoms with Crippen LogP contribution in [0.3, 0.4) is 0 Å². The van der Waals surface area contributed by atoms with Crippen LogP contribution >= 0.6 is 0 Å². The molecule has 0 aliphatic carbocycles. The van der Waals surface area contributed by atoms with Crippen molar-refractivity contribution < 1.29 is 24.2 Å². The summed E-state index contributed by atoms with van der Waals surface area (Å²) in [5.74, 6) is -0.476. The number of benzene rings is 3. The Balaban J connectivity index is 1.62. The van der Waals surface area contributed by atoms with E-state index in [1.165, 1.54) is 12.3 Å². The largest absolute Gasteiger partial charge is 0.478 e. The number of nitrogens with one attached hydrogen (secondary N) is 2. The Labute approximate surface area is 200 Å². The number of nitrogens with zero attached hydrogens (tertiary/aromatic N) is 1. The van der Waals surface area contributed by atoms with Gasteiger partial charge < -0.3 is 24.9 Å². The van der Waals surface area contributed by atoms with E-state index >= 15 is 0 Å². The molecule has 0 spiro atoms. The molecule has 3 N–H and O–H groups in total. The Morgan fingerprint density at radius 1 is 1.00 bits per heavy atom. The van der Waals surface area contributed by atoms with Crippen LogP contribution in [0.4, 0.5) is 11.4 Å². The van der Waals surface area contributed by atoms with E-state index in [-0.39, 0.29) is 17.7 Å². The van der Waals surface area contributed by atoms with Crippen LogP contribution < -0.4 is 10.1 Å². The molecule has 8 nitrogen and oxygen atoms in total. The standard InChI is InChI=1S/C27H21N3O5/c1-2-34-27(33)21-15-29-23-10-8-18(35-17-7-9-22-16(13-17)11-12-28-22)14-20(23)25(21)30-24-6-4-3-5-19(24)26(31)32/h3-15,28H,2H2,1H3,(H,29,30)(H,31,32). The van der Waals surface area contributed by atoms with E-state index in [1.807, 2.05) is 30.5 Å². The van der Waals surface area contributed by atoms with Crippen molar-refractivity contribution in [3.8, 4) is 11.5 Å². The Bertz CT molecular complexity index is 1570. The first-order chi connectivity index (χ1) is 17.0. The van der Waals surface area contributed by atoms with Gasteiger partial charge in [0.15, 0.2) is 0 Å². The fraction of sp³-hybridized carbons (Fsp3) is 0.0741. The maximum absolute atomic E-state index is 12.7. The van der Waals surface area contributed by atoms with Gasteiger partial charge in [-0.25, -0.2) is 9.59 Å². The summed E-state index contributed by atoms with van der Waals surface area (Å²) in [6, 6.07) is 19.5. The number of para-hydroxylation sites is 1. The predicted octanol–water partition coefficient (Wildman–Crippen LogP) is 6.13. The predicted molar refractivity (Wildman–Crippen MR) is 133 cm³/mol. The van der Waals surface area contributed by atoms with Crippen molar-refractivity contribution in [2.75, 3.05) is 11.9 Å². The Kier molecular flexibility index (Phi) is 5.76. The lowest BCUT2D eigenvalue weighted by molar-refractivity contribution is 0.0526. The van der Waals surface area contributed by atoms with Gasteiger partial charge in [0, 0.05) is 28.7 Å². The van der Waals surface area contributed by atoms with Gasteiger partial charge >= 0.3 is 11.9 Å². The fourth-order valence-electron chi connectivity index (χ4n) is 3.88. The normalized spacial score (nSPS) is 10.9. The molecule has 0 saturated carbocycles. The summed E-state index contributed by atoms with van der Waals surface area (Å²) in [6.07, 6.45) is 3.28. The van der Waals surface area contributed by atoms with Gasteiger partial charge in [-0.3, -0.25) is 4.98 Å². The monoisotopic (exact) mass is 467 g/mol. The number of hydrogen-bond acceptors (Lipinski definition) is 6. The van der Waals surface area contributed by atoms with Crippen molar-refractivity contribution in [1.82, 2.24) is 9.97 Å². The highest BCUT2D eigenvalue weighted by atomic mass is 16.5. The average Bonchev–Trinajstić information content (AvgIpc) is 3.32. The number of hydrogen-bond donors (Lipinski definition) is 3. The number of carbonyl (C=O) groups is 2. The molecule has 0 bridgehead atoms. The Morgan fingerprint density at radius 2 is 1.80 bits per heavy atom. The molecule has 35 heavy (non-hydrogen) atoms. The molecule has 0 atom stereocenters. The smallest absolute Gasteiger partial charge is 0.341 e. The van der Waals surface area contributed by atoms with Crippen LogP contribution in [0, 0.1) is 0 Å². The molecule has 0 fully saturated rings. The van der Waals surface area contributed by atoms with Crippen molar-refractivity contribution in [3.05, 3.63) is 90.3 Å². The second-order valence-corrected chi connectivity index (χ2v) is 7.75. The third-order valence-electron chi connectivity index (χ3n) is 5.51. The summed E-state index contributed by atoms with van der Waals surface area (Å²) in [7, 11) is 0. The van der Waals surface area contributed by atoms with Gasteiger partial charge in [0.1, 0.15) is 17.1 Å². The summed E-state index contributed by atoms with van der Waals surface area (Å²) in [6.45, 7) is 1.90. The van der Waals surface area contributed by atoms with E-state index in [0.717, 1.165) is 10.9 Å². The van der Waals surface area contributed by atoms with Crippen LogP contribution in [-0.2, 0) is 4.74 Å². The molecule has 8 heteroatoms. The molecule has 2 heterocycles. The number of anilines is 2. The number of H-pyrrole nitrogens is 1. The number of rotatable bonds is 7. The maximum atomic E-state index is 12.7. The molecule has 0 amide bonds. The SMILES string of the molecule is CCOC(=O)c1cnc2ccc(Oc3ccc4[nH]ccc4c3)cc2c1Nc1ccccc1C(=O)O. The van der Waals surface area contributed by atoms with Gasteiger partial charge in [-0.1, -0.05) is 12.1 Å². The van der Waals surface area contributed by atoms with Crippen molar-refractivity contribution in [2.45, 2.75) is 6.92 Å². The van der Waals surface area contributed by atoms with Crippen molar-refractivity contribution in [2.24, 2.45) is 0 Å². The third kappa shape index (κ3) is 4.37. The van der Waals surface area contributed by atoms with Crippen LogP contribution in [0.25, 0.3) is 21.8 Å². The minimum atomic E-state index is -1.09. The summed E-state index contributed by atoms with van der Waals surface area (Å²) in [4.78, 5) is 32.1. The van der Waals surface area contributed by atoms with E-state index in [4.69, 9.17) is 9.47 Å². The van der Waals surface area contributed by atoms with E-state index < -0.39 is 11.9 Å². The van der Waals surface area contributed by atoms with Crippen LogP contribution in [0.5, 0.6) is 11.5 Å². The fourth-order valence-corrected chi connectivity index (χ4v) is 3.88. The highest BCUT2D eigenvalue weighted by Crippen LogP contribution is 2.35. The number of ether oxygens (including phenoxy) is 2.